The smallest absolute Gasteiger partial charge is 0.124 e. The molecule has 0 unspecified atom stereocenters. The van der Waals surface area contributed by atoms with Gasteiger partial charge in [-0.2, -0.15) is 0 Å². The Morgan fingerprint density at radius 1 is 1.25 bits per heavy atom. The number of hydrogen-bond donors (Lipinski definition) is 1. The van der Waals surface area contributed by atoms with Gasteiger partial charge in [0.1, 0.15) is 10.1 Å². The zero-order chi connectivity index (χ0) is 8.48. The fourth-order valence-corrected chi connectivity index (χ4v) is 1.54. The van der Waals surface area contributed by atoms with Gasteiger partial charge in [-0.05, 0) is 18.6 Å². The second kappa shape index (κ2) is 3.66. The van der Waals surface area contributed by atoms with E-state index in [1.54, 1.807) is 19.1 Å². The van der Waals surface area contributed by atoms with Gasteiger partial charge in [-0.15, -0.1) is 0 Å². The van der Waals surface area contributed by atoms with E-state index in [9.17, 15) is 13.0 Å². The maximum absolute atomic E-state index is 10.5. The van der Waals surface area contributed by atoms with Crippen LogP contribution >= 0.6 is 0 Å². The molecule has 0 aliphatic rings. The van der Waals surface area contributed by atoms with Crippen molar-refractivity contribution in [2.45, 2.75) is 11.8 Å². The Kier molecular flexibility index (Phi) is 3.38. The van der Waals surface area contributed by atoms with Crippen molar-refractivity contribution in [1.82, 2.24) is 6.15 Å². The lowest BCUT2D eigenvalue weighted by Crippen LogP contribution is -2.00. The Balaban J connectivity index is 0.00000121. The summed E-state index contributed by atoms with van der Waals surface area (Å²) in [5.41, 5.74) is 0.488. The van der Waals surface area contributed by atoms with E-state index in [2.05, 4.69) is 0 Å². The molecule has 0 bridgehead atoms. The van der Waals surface area contributed by atoms with Crippen molar-refractivity contribution in [2.24, 2.45) is 0 Å². The molecule has 1 rings (SSSR count). The Labute approximate surface area is 71.6 Å². The number of quaternary nitrogens is 1. The van der Waals surface area contributed by atoms with Crippen LogP contribution in [0.3, 0.4) is 0 Å². The second-order valence-electron chi connectivity index (χ2n) is 2.22. The third kappa shape index (κ3) is 2.30. The highest BCUT2D eigenvalue weighted by Gasteiger charge is 2.02. The molecule has 1 aromatic rings. The molecule has 0 heterocycles. The summed E-state index contributed by atoms with van der Waals surface area (Å²) < 4.78 is 31.5. The van der Waals surface area contributed by atoms with Crippen molar-refractivity contribution < 1.29 is 13.0 Å². The molecule has 0 aromatic heterocycles. The maximum atomic E-state index is 10.5. The highest BCUT2D eigenvalue weighted by molar-refractivity contribution is 7.85. The molecule has 0 atom stereocenters. The molecule has 12 heavy (non-hydrogen) atoms. The molecule has 1 aromatic carbocycles. The van der Waals surface area contributed by atoms with Gasteiger partial charge >= 0.3 is 0 Å². The van der Waals surface area contributed by atoms with Crippen molar-refractivity contribution in [3.05, 3.63) is 29.8 Å². The lowest BCUT2D eigenvalue weighted by molar-refractivity contribution is 0.462. The first-order valence-corrected chi connectivity index (χ1v) is 4.44. The van der Waals surface area contributed by atoms with E-state index < -0.39 is 10.1 Å². The predicted octanol–water partition coefficient (Wildman–Crippen LogP) is 1.28. The van der Waals surface area contributed by atoms with Crippen molar-refractivity contribution in [3.8, 4) is 0 Å². The van der Waals surface area contributed by atoms with Gasteiger partial charge in [-0.25, -0.2) is 8.42 Å². The average Bonchev–Trinajstić information content (AvgIpc) is 1.86. The molecular weight excluding hydrogens is 178 g/mol. The molecule has 0 fully saturated rings. The van der Waals surface area contributed by atoms with Gasteiger partial charge in [0.2, 0.25) is 0 Å². The minimum atomic E-state index is -4.28. The molecule has 0 aliphatic heterocycles. The van der Waals surface area contributed by atoms with Crippen molar-refractivity contribution in [2.75, 3.05) is 0 Å². The van der Waals surface area contributed by atoms with Crippen LogP contribution in [0, 0.1) is 6.92 Å². The normalized spacial score (nSPS) is 10.5. The number of hydrogen-bond acceptors (Lipinski definition) is 3. The molecular formula is C7H11NO3S. The molecule has 5 heteroatoms. The standard InChI is InChI=1S/C7H8O3S.H3N/c1-6-4-2-3-5-7(6)11(8,9)10;/h2-5H,1H3,(H,8,9,10);1H3. The Morgan fingerprint density at radius 2 is 1.75 bits per heavy atom. The summed E-state index contributed by atoms with van der Waals surface area (Å²) in [7, 11) is -4.28. The number of benzene rings is 1. The van der Waals surface area contributed by atoms with Gasteiger partial charge in [0, 0.05) is 0 Å². The van der Waals surface area contributed by atoms with Crippen LogP contribution < -0.4 is 6.15 Å². The summed E-state index contributed by atoms with van der Waals surface area (Å²) in [6.45, 7) is 1.59. The minimum Gasteiger partial charge on any atom is -0.744 e. The largest absolute Gasteiger partial charge is 0.744 e. The predicted molar refractivity (Wildman–Crippen MR) is 45.1 cm³/mol. The van der Waals surface area contributed by atoms with Gasteiger partial charge in [0.25, 0.3) is 0 Å². The molecule has 4 N–H and O–H groups in total. The van der Waals surface area contributed by atoms with E-state index in [0.29, 0.717) is 5.56 Å². The Bertz CT molecular complexity index is 359. The lowest BCUT2D eigenvalue weighted by Gasteiger charge is -2.08. The van der Waals surface area contributed by atoms with E-state index in [1.807, 2.05) is 0 Å². The van der Waals surface area contributed by atoms with Gasteiger partial charge in [-0.1, -0.05) is 18.2 Å². The molecule has 0 amide bonds. The monoisotopic (exact) mass is 189 g/mol. The molecule has 4 nitrogen and oxygen atoms in total. The molecule has 68 valence electrons. The van der Waals surface area contributed by atoms with E-state index in [0.717, 1.165) is 0 Å². The summed E-state index contributed by atoms with van der Waals surface area (Å²) in [4.78, 5) is -0.139. The van der Waals surface area contributed by atoms with Crippen LogP contribution in [0.5, 0.6) is 0 Å². The molecule has 0 spiro atoms. The summed E-state index contributed by atoms with van der Waals surface area (Å²) in [5.74, 6) is 0. The van der Waals surface area contributed by atoms with E-state index >= 15 is 0 Å². The topological polar surface area (TPSA) is 93.7 Å². The Hall–Kier alpha value is -0.910. The fourth-order valence-electron chi connectivity index (χ4n) is 0.837. The quantitative estimate of drug-likeness (QED) is 0.674. The van der Waals surface area contributed by atoms with E-state index in [1.165, 1.54) is 12.1 Å². The van der Waals surface area contributed by atoms with Crippen LogP contribution in [0.2, 0.25) is 0 Å². The zero-order valence-corrected chi connectivity index (χ0v) is 7.76. The fraction of sp³-hybridized carbons (Fsp3) is 0.143. The summed E-state index contributed by atoms with van der Waals surface area (Å²) >= 11 is 0. The van der Waals surface area contributed by atoms with Crippen molar-refractivity contribution in [3.63, 3.8) is 0 Å². The van der Waals surface area contributed by atoms with Crippen molar-refractivity contribution >= 4 is 10.1 Å². The molecule has 0 saturated heterocycles. The number of aryl methyl sites for hydroxylation is 1. The summed E-state index contributed by atoms with van der Waals surface area (Å²) in [6.07, 6.45) is 0. The van der Waals surface area contributed by atoms with Crippen LogP contribution in [0.4, 0.5) is 0 Å². The van der Waals surface area contributed by atoms with Gasteiger partial charge in [0.15, 0.2) is 0 Å². The first-order chi connectivity index (χ1) is 5.02. The van der Waals surface area contributed by atoms with E-state index in [-0.39, 0.29) is 11.0 Å². The minimum absolute atomic E-state index is 0. The second-order valence-corrected chi connectivity index (χ2v) is 3.57. The summed E-state index contributed by atoms with van der Waals surface area (Å²) in [6, 6.07) is 6.10. The highest BCUT2D eigenvalue weighted by Crippen LogP contribution is 2.12. The average molecular weight is 189 g/mol. The maximum Gasteiger partial charge on any atom is 0.124 e. The van der Waals surface area contributed by atoms with Gasteiger partial charge < -0.3 is 10.7 Å². The van der Waals surface area contributed by atoms with E-state index in [4.69, 9.17) is 0 Å². The van der Waals surface area contributed by atoms with Gasteiger partial charge in [-0.3, -0.25) is 0 Å². The Morgan fingerprint density at radius 3 is 2.08 bits per heavy atom. The lowest BCUT2D eigenvalue weighted by atomic mass is 10.2. The van der Waals surface area contributed by atoms with Crippen LogP contribution in [-0.4, -0.2) is 13.0 Å². The first-order valence-electron chi connectivity index (χ1n) is 3.03. The highest BCUT2D eigenvalue weighted by atomic mass is 32.2. The van der Waals surface area contributed by atoms with Gasteiger partial charge in [0.05, 0.1) is 4.90 Å². The van der Waals surface area contributed by atoms with Crippen LogP contribution in [-0.2, 0) is 10.1 Å². The van der Waals surface area contributed by atoms with Crippen molar-refractivity contribution in [1.29, 1.82) is 0 Å². The third-order valence-corrected chi connectivity index (χ3v) is 2.36. The van der Waals surface area contributed by atoms with Crippen LogP contribution in [0.1, 0.15) is 5.56 Å². The molecule has 0 saturated carbocycles. The SMILES string of the molecule is Cc1ccccc1S(=O)(=O)[O-].[NH4+]. The zero-order valence-electron chi connectivity index (χ0n) is 6.94. The first kappa shape index (κ1) is 11.1. The molecule has 0 radical (unpaired) electrons. The third-order valence-electron chi connectivity index (χ3n) is 1.36. The van der Waals surface area contributed by atoms with Crippen LogP contribution in [0.15, 0.2) is 29.2 Å². The van der Waals surface area contributed by atoms with Crippen LogP contribution in [0.25, 0.3) is 0 Å². The summed E-state index contributed by atoms with van der Waals surface area (Å²) in [5, 5.41) is 0. The molecule has 0 aliphatic carbocycles. The number of rotatable bonds is 1.